The number of carboxylic acids is 4. The number of benzene rings is 3. The van der Waals surface area contributed by atoms with Crippen LogP contribution in [-0.4, -0.2) is 78.2 Å². The van der Waals surface area contributed by atoms with Gasteiger partial charge in [-0.25, -0.2) is 0 Å². The van der Waals surface area contributed by atoms with Crippen molar-refractivity contribution in [2.45, 2.75) is 143 Å². The number of thioether (sulfide) groups is 3. The van der Waals surface area contributed by atoms with Gasteiger partial charge < -0.3 is 25.7 Å². The van der Waals surface area contributed by atoms with Gasteiger partial charge in [0, 0.05) is 44.9 Å². The first-order valence-corrected chi connectivity index (χ1v) is 28.5. The van der Waals surface area contributed by atoms with Gasteiger partial charge in [0.25, 0.3) is 0 Å². The Kier molecular flexibility index (Phi) is 26.6. The second-order valence-corrected chi connectivity index (χ2v) is 23.5. The van der Waals surface area contributed by atoms with E-state index in [0.717, 1.165) is 40.1 Å². The molecule has 0 saturated heterocycles. The van der Waals surface area contributed by atoms with Crippen molar-refractivity contribution in [3.63, 3.8) is 0 Å². The topological polar surface area (TPSA) is 208 Å². The van der Waals surface area contributed by atoms with Crippen molar-refractivity contribution in [3.05, 3.63) is 137 Å². The van der Waals surface area contributed by atoms with Crippen molar-refractivity contribution < 1.29 is 49.2 Å². The van der Waals surface area contributed by atoms with E-state index in [1.807, 2.05) is 80.6 Å². The number of fused-ring (bicyclic) bond motifs is 1. The maximum Gasteiger partial charge on any atom is 0.312 e. The average Bonchev–Trinajstić information content (AvgIpc) is 3.36. The lowest BCUT2D eigenvalue weighted by Crippen LogP contribution is -2.23. The third kappa shape index (κ3) is 21.9. The highest BCUT2D eigenvalue weighted by atomic mass is 35.5. The molecule has 1 aliphatic heterocycles. The lowest BCUT2D eigenvalue weighted by molar-refractivity contribution is -0.141. The summed E-state index contributed by atoms with van der Waals surface area (Å²) in [4.78, 5) is 75.3. The Morgan fingerprint density at radius 1 is 0.703 bits per heavy atom. The fourth-order valence-electron chi connectivity index (χ4n) is 7.81. The lowest BCUT2D eigenvalue weighted by atomic mass is 9.92. The van der Waals surface area contributed by atoms with Gasteiger partial charge in [0.1, 0.15) is 6.42 Å². The summed E-state index contributed by atoms with van der Waals surface area (Å²) >= 11 is 10.6. The summed E-state index contributed by atoms with van der Waals surface area (Å²) in [5, 5.41) is 39.1. The Hall–Kier alpha value is -5.35. The number of carbonyl (C=O) groups excluding carboxylic acids is 2. The standard InChI is InChI=1S/C30H39NO6S.C28H32ClNO4S2/c1-2-3-4-5-6-7-8-11-22-16-18-23(19-17-22)30(26(32)14-10-15-28(34)35)38-25-13-9-12-24(20-25)31-27(33)21-29(36)37;1-16(26(31)32)18(3)35-28(36-19(4)17(2)27(33)34)22-7-5-6-20(14-22)8-12-24-13-10-21-9-11-23(29)15-25(21)30-24/h9,12-13,16-20,30H,2-8,10-11,14-15,21H2,1H3,(H,31,33)(H,34,35)(H,36,37);5-19,21,25,28H,1-4H3,(H,31,32)(H,33,34)/b;12-8+/t;16-,17-,18+,19+,21?,25?/m.1/s1. The molecule has 1 heterocycles. The number of amides is 1. The number of carboxylic acid groups (broad SMARTS) is 4. The molecule has 3 aromatic carbocycles. The van der Waals surface area contributed by atoms with Gasteiger partial charge >= 0.3 is 23.9 Å². The number of carbonyl (C=O) groups is 6. The second kappa shape index (κ2) is 32.2. The van der Waals surface area contributed by atoms with E-state index in [9.17, 15) is 39.0 Å². The van der Waals surface area contributed by atoms with Crippen molar-refractivity contribution in [1.82, 2.24) is 0 Å². The number of anilines is 1. The van der Waals surface area contributed by atoms with E-state index in [0.29, 0.717) is 10.7 Å². The third-order valence-electron chi connectivity index (χ3n) is 12.6. The molecule has 398 valence electrons. The molecule has 0 bridgehead atoms. The normalized spacial score (nSPS) is 16.9. The van der Waals surface area contributed by atoms with Crippen LogP contribution in [0.2, 0.25) is 0 Å². The smallest absolute Gasteiger partial charge is 0.312 e. The number of aliphatic carboxylic acids is 4. The highest BCUT2D eigenvalue weighted by molar-refractivity contribution is 8.16. The van der Waals surface area contributed by atoms with Gasteiger partial charge in [-0.05, 0) is 90.1 Å². The molecule has 1 amide bonds. The Morgan fingerprint density at radius 2 is 1.34 bits per heavy atom. The molecule has 0 fully saturated rings. The van der Waals surface area contributed by atoms with Crippen molar-refractivity contribution in [1.29, 1.82) is 0 Å². The highest BCUT2D eigenvalue weighted by Gasteiger charge is 2.30. The summed E-state index contributed by atoms with van der Waals surface area (Å²) in [6, 6.07) is 23.1. The van der Waals surface area contributed by atoms with Crippen molar-refractivity contribution in [3.8, 4) is 0 Å². The highest BCUT2D eigenvalue weighted by Crippen LogP contribution is 2.47. The molecule has 5 rings (SSSR count). The van der Waals surface area contributed by atoms with Gasteiger partial charge in [-0.1, -0.05) is 152 Å². The fourth-order valence-corrected chi connectivity index (χ4v) is 12.6. The summed E-state index contributed by atoms with van der Waals surface area (Å²) in [5.74, 6) is -5.32. The average molecular weight is 1090 g/mol. The van der Waals surface area contributed by atoms with Crippen LogP contribution in [0.25, 0.3) is 6.08 Å². The predicted octanol–water partition coefficient (Wildman–Crippen LogP) is 14.1. The van der Waals surface area contributed by atoms with Crippen LogP contribution in [0.4, 0.5) is 5.69 Å². The van der Waals surface area contributed by atoms with Crippen LogP contribution in [-0.2, 0) is 35.2 Å². The van der Waals surface area contributed by atoms with E-state index in [-0.39, 0.29) is 52.1 Å². The van der Waals surface area contributed by atoms with Crippen LogP contribution in [0.3, 0.4) is 0 Å². The fraction of sp³-hybridized carbons (Fsp3) is 0.431. The number of hydrogen-bond donors (Lipinski definition) is 5. The molecule has 3 unspecified atom stereocenters. The van der Waals surface area contributed by atoms with Crippen LogP contribution >= 0.6 is 46.9 Å². The minimum atomic E-state index is -1.21. The Labute approximate surface area is 454 Å². The number of dihydropyridines is 1. The first kappa shape index (κ1) is 61.2. The molecule has 0 spiro atoms. The van der Waals surface area contributed by atoms with E-state index in [2.05, 4.69) is 42.6 Å². The summed E-state index contributed by atoms with van der Waals surface area (Å²) in [6.45, 7) is 9.45. The molecule has 7 atom stereocenters. The molecule has 0 radical (unpaired) electrons. The first-order chi connectivity index (χ1) is 35.3. The predicted molar refractivity (Wildman–Crippen MR) is 303 cm³/mol. The quantitative estimate of drug-likeness (QED) is 0.0182. The van der Waals surface area contributed by atoms with Gasteiger partial charge in [-0.15, -0.1) is 35.3 Å². The molecule has 0 saturated carbocycles. The number of rotatable bonds is 30. The lowest BCUT2D eigenvalue weighted by Gasteiger charge is -2.27. The summed E-state index contributed by atoms with van der Waals surface area (Å²) in [7, 11) is 0. The van der Waals surface area contributed by atoms with Crippen molar-refractivity contribution in [2.75, 3.05) is 5.32 Å². The van der Waals surface area contributed by atoms with Crippen molar-refractivity contribution in [2.24, 2.45) is 22.7 Å². The van der Waals surface area contributed by atoms with E-state index in [1.165, 1.54) is 55.9 Å². The SMILES string of the molecule is CCCCCCCCCc1ccc(C(Sc2cccc(NC(=O)CC(=O)O)c2)C(=O)CCCC(=O)O)cc1.C[C@H](SC(S[C@@H](C)[C@@H](C)C(=O)O)c1cccc(/C=C/C2=NC3C=C(Cl)C=CC3C=C2)c1)[C@@H](C)C(=O)O. The maximum absolute atomic E-state index is 13.2. The first-order valence-electron chi connectivity index (χ1n) is 25.3. The van der Waals surface area contributed by atoms with Crippen LogP contribution in [0, 0.1) is 17.8 Å². The number of unbranched alkanes of at least 4 members (excludes halogenated alkanes) is 6. The second-order valence-electron chi connectivity index (χ2n) is 18.6. The molecule has 2 aliphatic rings. The van der Waals surface area contributed by atoms with Gasteiger partial charge in [0.05, 0.1) is 33.4 Å². The summed E-state index contributed by atoms with van der Waals surface area (Å²) in [6.07, 6.45) is 23.5. The number of aryl methyl sites for hydroxylation is 1. The largest absolute Gasteiger partial charge is 0.481 e. The van der Waals surface area contributed by atoms with E-state index in [4.69, 9.17) is 26.8 Å². The van der Waals surface area contributed by atoms with Gasteiger partial charge in [0.2, 0.25) is 5.91 Å². The number of ketones is 1. The zero-order valence-corrected chi connectivity index (χ0v) is 46.1. The Bertz CT molecular complexity index is 2500. The Balaban J connectivity index is 0.000000321. The molecule has 16 heteroatoms. The number of allylic oxidation sites excluding steroid dienone is 4. The molecule has 3 aromatic rings. The number of Topliss-reactive ketones (excluding diaryl/α,β-unsaturated/α-hetero) is 1. The summed E-state index contributed by atoms with van der Waals surface area (Å²) in [5.41, 5.74) is 5.40. The molecule has 12 nitrogen and oxygen atoms in total. The molecular formula is C58H71ClN2O10S3. The zero-order valence-electron chi connectivity index (χ0n) is 42.9. The summed E-state index contributed by atoms with van der Waals surface area (Å²) < 4.78 is -0.110. The minimum absolute atomic E-state index is 0.00564. The molecule has 5 N–H and O–H groups in total. The van der Waals surface area contributed by atoms with E-state index < -0.39 is 53.3 Å². The van der Waals surface area contributed by atoms with Crippen LogP contribution in [0.5, 0.6) is 0 Å². The van der Waals surface area contributed by atoms with Crippen LogP contribution in [0.1, 0.15) is 137 Å². The van der Waals surface area contributed by atoms with Gasteiger partial charge in [-0.3, -0.25) is 33.8 Å². The van der Waals surface area contributed by atoms with E-state index in [1.54, 1.807) is 55.6 Å². The molecule has 74 heavy (non-hydrogen) atoms. The monoisotopic (exact) mass is 1090 g/mol. The maximum atomic E-state index is 13.2. The van der Waals surface area contributed by atoms with Crippen LogP contribution in [0.15, 0.2) is 124 Å². The van der Waals surface area contributed by atoms with Gasteiger partial charge in [-0.2, -0.15) is 0 Å². The number of halogens is 1. The third-order valence-corrected chi connectivity index (χ3v) is 17.6. The molecular weight excluding hydrogens is 1020 g/mol. The number of nitrogens with one attached hydrogen (secondary N) is 1. The Morgan fingerprint density at radius 3 is 1.97 bits per heavy atom. The van der Waals surface area contributed by atoms with E-state index >= 15 is 0 Å². The molecule has 1 aliphatic carbocycles. The molecule has 0 aromatic heterocycles. The van der Waals surface area contributed by atoms with Gasteiger partial charge in [0.15, 0.2) is 5.78 Å². The van der Waals surface area contributed by atoms with Crippen LogP contribution < -0.4 is 5.32 Å². The minimum Gasteiger partial charge on any atom is -0.481 e. The number of aliphatic imine (C=N–C) groups is 1. The van der Waals surface area contributed by atoms with Crippen molar-refractivity contribution >= 4 is 99.9 Å². The number of hydrogen-bond acceptors (Lipinski definition) is 10. The zero-order chi connectivity index (χ0) is 54.2. The number of nitrogens with zero attached hydrogens (tertiary/aromatic N) is 1.